The van der Waals surface area contributed by atoms with Gasteiger partial charge in [-0.2, -0.15) is 0 Å². The van der Waals surface area contributed by atoms with Gasteiger partial charge in [-0.05, 0) is 37.3 Å². The molecule has 0 unspecified atom stereocenters. The van der Waals surface area contributed by atoms with Gasteiger partial charge in [0.25, 0.3) is 0 Å². The van der Waals surface area contributed by atoms with E-state index in [2.05, 4.69) is 18.9 Å². The number of hydrogen-bond acceptors (Lipinski definition) is 10. The molecule has 0 aromatic heterocycles. The highest BCUT2D eigenvalue weighted by Crippen LogP contribution is 2.41. The van der Waals surface area contributed by atoms with Gasteiger partial charge >= 0.3 is 24.7 Å². The fourth-order valence-corrected chi connectivity index (χ4v) is 4.47. The minimum atomic E-state index is -4.89. The van der Waals surface area contributed by atoms with Crippen molar-refractivity contribution >= 4 is 35.1 Å². The van der Waals surface area contributed by atoms with Crippen LogP contribution in [0.2, 0.25) is 10.0 Å². The zero-order valence-corrected chi connectivity index (χ0v) is 29.1. The molecule has 0 spiro atoms. The van der Waals surface area contributed by atoms with Crippen LogP contribution in [-0.4, -0.2) is 53.1 Å². The summed E-state index contributed by atoms with van der Waals surface area (Å²) in [5.74, 6) is -6.17. The summed E-state index contributed by atoms with van der Waals surface area (Å²) in [6.45, 7) is 1.36. The number of carbonyl (C=O) groups excluding carboxylic acids is 2. The van der Waals surface area contributed by atoms with Gasteiger partial charge in [-0.1, -0.05) is 23.2 Å². The van der Waals surface area contributed by atoms with Crippen LogP contribution >= 0.6 is 23.2 Å². The first-order valence-corrected chi connectivity index (χ1v) is 14.8. The van der Waals surface area contributed by atoms with Crippen molar-refractivity contribution in [2.75, 3.05) is 28.4 Å². The first-order chi connectivity index (χ1) is 24.7. The van der Waals surface area contributed by atoms with Crippen LogP contribution in [0, 0.1) is 18.6 Å². The van der Waals surface area contributed by atoms with Crippen molar-refractivity contribution in [3.8, 4) is 46.0 Å². The molecule has 10 nitrogen and oxygen atoms in total. The third kappa shape index (κ3) is 11.3. The van der Waals surface area contributed by atoms with Crippen LogP contribution < -0.4 is 28.4 Å². The topological polar surface area (TPSA) is 108 Å². The van der Waals surface area contributed by atoms with Crippen molar-refractivity contribution in [3.05, 3.63) is 93.0 Å². The Hall–Kier alpha value is -5.36. The van der Waals surface area contributed by atoms with E-state index in [4.69, 9.17) is 42.1 Å². The standard InChI is InChI=1S/C17H13ClF4O5.C16H11ClF4O5/c1-8-10(18)7-13(14(15(8)19)16(23)25-3)26-11-5-4-9(6-12(11)24-2)27-17(20,21)22;1-23-12-7-9(26-16(19,20)21)3-4-11(12)25-13-6-8(17)5-10(18)14(13)15(22)24-2/h4-7H,1-3H3;3-7H,1-2H3. The normalized spacial score (nSPS) is 11.1. The van der Waals surface area contributed by atoms with E-state index in [1.54, 1.807) is 0 Å². The van der Waals surface area contributed by atoms with Crippen LogP contribution in [0.25, 0.3) is 0 Å². The Balaban J connectivity index is 0.000000286. The summed E-state index contributed by atoms with van der Waals surface area (Å²) in [6, 6.07) is 9.19. The lowest BCUT2D eigenvalue weighted by atomic mass is 10.1. The number of halogens is 10. The number of alkyl halides is 6. The molecule has 0 saturated heterocycles. The van der Waals surface area contributed by atoms with Crippen LogP contribution in [0.3, 0.4) is 0 Å². The predicted octanol–water partition coefficient (Wildman–Crippen LogP) is 10.2. The molecule has 53 heavy (non-hydrogen) atoms. The van der Waals surface area contributed by atoms with Crippen LogP contribution in [0.4, 0.5) is 35.1 Å². The molecule has 0 fully saturated rings. The molecule has 0 atom stereocenters. The molecule has 0 heterocycles. The van der Waals surface area contributed by atoms with E-state index in [0.717, 1.165) is 62.8 Å². The van der Waals surface area contributed by atoms with Crippen LogP contribution in [0.1, 0.15) is 26.3 Å². The summed E-state index contributed by atoms with van der Waals surface area (Å²) in [5.41, 5.74) is -1.04. The molecule has 0 amide bonds. The Morgan fingerprint density at radius 1 is 0.585 bits per heavy atom. The van der Waals surface area contributed by atoms with Gasteiger partial charge in [0.15, 0.2) is 23.0 Å². The quantitative estimate of drug-likeness (QED) is 0.114. The first kappa shape index (κ1) is 42.1. The lowest BCUT2D eigenvalue weighted by molar-refractivity contribution is -0.275. The van der Waals surface area contributed by atoms with E-state index in [1.807, 2.05) is 0 Å². The van der Waals surface area contributed by atoms with Crippen LogP contribution in [0.15, 0.2) is 54.6 Å². The fourth-order valence-electron chi connectivity index (χ4n) is 4.10. The molecule has 0 aliphatic heterocycles. The maximum Gasteiger partial charge on any atom is 0.573 e. The average Bonchev–Trinajstić information content (AvgIpc) is 3.06. The second-order valence-electron chi connectivity index (χ2n) is 9.84. The van der Waals surface area contributed by atoms with Gasteiger partial charge in [0.05, 0.1) is 33.5 Å². The number of ether oxygens (including phenoxy) is 8. The van der Waals surface area contributed by atoms with E-state index in [9.17, 15) is 44.7 Å². The van der Waals surface area contributed by atoms with Gasteiger partial charge in [0, 0.05) is 34.9 Å². The molecule has 0 radical (unpaired) electrons. The van der Waals surface area contributed by atoms with Crippen molar-refractivity contribution < 1.29 is 82.6 Å². The molecule has 0 aliphatic rings. The zero-order chi connectivity index (χ0) is 39.8. The van der Waals surface area contributed by atoms with Crippen LogP contribution in [0.5, 0.6) is 46.0 Å². The summed E-state index contributed by atoms with van der Waals surface area (Å²) in [4.78, 5) is 23.7. The van der Waals surface area contributed by atoms with Crippen molar-refractivity contribution in [3.63, 3.8) is 0 Å². The summed E-state index contributed by atoms with van der Waals surface area (Å²) < 4.78 is 140. The second-order valence-corrected chi connectivity index (χ2v) is 10.7. The fraction of sp³-hybridized carbons (Fsp3) is 0.212. The number of methoxy groups -OCH3 is 4. The van der Waals surface area contributed by atoms with Gasteiger partial charge in [-0.15, -0.1) is 26.3 Å². The van der Waals surface area contributed by atoms with Crippen molar-refractivity contribution in [2.45, 2.75) is 19.6 Å². The number of hydrogen-bond donors (Lipinski definition) is 0. The minimum absolute atomic E-state index is 0.00491. The highest BCUT2D eigenvalue weighted by atomic mass is 35.5. The molecule has 0 saturated carbocycles. The molecule has 286 valence electrons. The molecule has 4 aromatic carbocycles. The number of carbonyl (C=O) groups is 2. The van der Waals surface area contributed by atoms with E-state index >= 15 is 0 Å². The molecule has 0 aliphatic carbocycles. The largest absolute Gasteiger partial charge is 0.573 e. The highest BCUT2D eigenvalue weighted by Gasteiger charge is 2.33. The molecule has 4 aromatic rings. The predicted molar refractivity (Wildman–Crippen MR) is 170 cm³/mol. The minimum Gasteiger partial charge on any atom is -0.493 e. The summed E-state index contributed by atoms with van der Waals surface area (Å²) in [5, 5.41) is -0.0905. The third-order valence-electron chi connectivity index (χ3n) is 6.39. The smallest absolute Gasteiger partial charge is 0.493 e. The van der Waals surface area contributed by atoms with E-state index < -0.39 is 58.9 Å². The van der Waals surface area contributed by atoms with E-state index in [-0.39, 0.29) is 50.1 Å². The molecule has 20 heteroatoms. The monoisotopic (exact) mass is 802 g/mol. The SMILES string of the molecule is COC(=O)c1c(F)cc(Cl)cc1Oc1ccc(OC(F)(F)F)cc1OC.COC(=O)c1c(Oc2ccc(OC(F)(F)F)cc2OC)cc(Cl)c(C)c1F. The Morgan fingerprint density at radius 3 is 1.43 bits per heavy atom. The van der Waals surface area contributed by atoms with Gasteiger partial charge in [-0.25, -0.2) is 18.4 Å². The third-order valence-corrected chi connectivity index (χ3v) is 7.00. The van der Waals surface area contributed by atoms with Crippen molar-refractivity contribution in [1.82, 2.24) is 0 Å². The number of rotatable bonds is 10. The molecule has 4 rings (SSSR count). The molecular weight excluding hydrogens is 779 g/mol. The zero-order valence-electron chi connectivity index (χ0n) is 27.6. The van der Waals surface area contributed by atoms with Crippen molar-refractivity contribution in [2.24, 2.45) is 0 Å². The average molecular weight is 803 g/mol. The molecule has 0 bridgehead atoms. The Bertz CT molecular complexity index is 1970. The van der Waals surface area contributed by atoms with Gasteiger partial charge in [0.1, 0.15) is 45.8 Å². The number of esters is 2. The second kappa shape index (κ2) is 17.4. The molecular formula is C33H24Cl2F8O10. The van der Waals surface area contributed by atoms with Crippen LogP contribution in [-0.2, 0) is 9.47 Å². The maximum absolute atomic E-state index is 14.5. The maximum atomic E-state index is 14.5. The lowest BCUT2D eigenvalue weighted by Gasteiger charge is -2.16. The first-order valence-electron chi connectivity index (χ1n) is 14.1. The Kier molecular flexibility index (Phi) is 13.8. The summed E-state index contributed by atoms with van der Waals surface area (Å²) in [6.07, 6.45) is -9.78. The van der Waals surface area contributed by atoms with Gasteiger partial charge < -0.3 is 37.9 Å². The Morgan fingerprint density at radius 2 is 1.02 bits per heavy atom. The summed E-state index contributed by atoms with van der Waals surface area (Å²) in [7, 11) is 4.46. The lowest BCUT2D eigenvalue weighted by Crippen LogP contribution is -2.17. The Labute approximate surface area is 304 Å². The van der Waals surface area contributed by atoms with Gasteiger partial charge in [0.2, 0.25) is 0 Å². The summed E-state index contributed by atoms with van der Waals surface area (Å²) >= 11 is 11.7. The van der Waals surface area contributed by atoms with E-state index in [1.165, 1.54) is 27.2 Å². The highest BCUT2D eigenvalue weighted by molar-refractivity contribution is 6.31. The van der Waals surface area contributed by atoms with E-state index in [0.29, 0.717) is 0 Å². The number of benzene rings is 4. The van der Waals surface area contributed by atoms with Gasteiger partial charge in [-0.3, -0.25) is 0 Å². The van der Waals surface area contributed by atoms with Crippen molar-refractivity contribution in [1.29, 1.82) is 0 Å². The molecule has 0 N–H and O–H groups in total.